The topological polar surface area (TPSA) is 49.3 Å². The number of nitrogens with one attached hydrogen (secondary N) is 1. The fourth-order valence-electron chi connectivity index (χ4n) is 1.38. The van der Waals surface area contributed by atoms with Gasteiger partial charge in [-0.25, -0.2) is 0 Å². The highest BCUT2D eigenvalue weighted by molar-refractivity contribution is 7.85. The molecule has 102 valence electrons. The summed E-state index contributed by atoms with van der Waals surface area (Å²) in [6, 6.07) is 7.01. The molecule has 1 rings (SSSR count). The summed E-state index contributed by atoms with van der Waals surface area (Å²) in [5.41, 5.74) is -0.0626. The van der Waals surface area contributed by atoms with Gasteiger partial charge in [-0.3, -0.25) is 4.21 Å². The summed E-state index contributed by atoms with van der Waals surface area (Å²) in [5.74, 6) is 0.187. The third-order valence-corrected chi connectivity index (χ3v) is 4.27. The van der Waals surface area contributed by atoms with Gasteiger partial charge in [-0.1, -0.05) is 23.7 Å². The van der Waals surface area contributed by atoms with E-state index in [9.17, 15) is 9.32 Å². The number of aliphatic hydroxyl groups excluding tert-OH is 1. The molecule has 5 heteroatoms. The highest BCUT2D eigenvalue weighted by atomic mass is 35.5. The highest BCUT2D eigenvalue weighted by Gasteiger charge is 2.16. The second-order valence-electron chi connectivity index (χ2n) is 5.23. The second kappa shape index (κ2) is 6.66. The Morgan fingerprint density at radius 1 is 1.39 bits per heavy atom. The van der Waals surface area contributed by atoms with Gasteiger partial charge in [-0.15, -0.1) is 0 Å². The molecule has 0 aliphatic rings. The van der Waals surface area contributed by atoms with Gasteiger partial charge in [0.05, 0.1) is 32.6 Å². The lowest BCUT2D eigenvalue weighted by Crippen LogP contribution is -2.42. The van der Waals surface area contributed by atoms with Crippen LogP contribution < -0.4 is 5.32 Å². The molecule has 18 heavy (non-hydrogen) atoms. The predicted molar refractivity (Wildman–Crippen MR) is 76.5 cm³/mol. The number of aliphatic hydroxyl groups is 1. The Balaban J connectivity index is 2.53. The van der Waals surface area contributed by atoms with Crippen LogP contribution in [-0.4, -0.2) is 33.3 Å². The Hall–Kier alpha value is -0.420. The van der Waals surface area contributed by atoms with Gasteiger partial charge in [0.15, 0.2) is 0 Å². The standard InChI is InChI=1S/C13H20ClNO2S/c1-13(2,3)15-8-10(16)9-18(17)12-7-5-4-6-11(12)14/h4-7,10,15-16H,8-9H2,1-3H3. The quantitative estimate of drug-likeness (QED) is 0.874. The van der Waals surface area contributed by atoms with Crippen molar-refractivity contribution in [1.82, 2.24) is 5.32 Å². The first-order valence-electron chi connectivity index (χ1n) is 5.85. The molecule has 0 aromatic heterocycles. The molecule has 0 aliphatic heterocycles. The summed E-state index contributed by atoms with van der Waals surface area (Å²) in [7, 11) is -1.28. The Kier molecular flexibility index (Phi) is 5.79. The molecular formula is C13H20ClNO2S. The lowest BCUT2D eigenvalue weighted by Gasteiger charge is -2.22. The molecular weight excluding hydrogens is 270 g/mol. The van der Waals surface area contributed by atoms with Crippen LogP contribution in [0, 0.1) is 0 Å². The van der Waals surface area contributed by atoms with Crippen LogP contribution in [0.2, 0.25) is 5.02 Å². The minimum Gasteiger partial charge on any atom is -0.391 e. The third kappa shape index (κ3) is 5.48. The molecule has 0 saturated carbocycles. The maximum Gasteiger partial charge on any atom is 0.0783 e. The van der Waals surface area contributed by atoms with E-state index in [0.717, 1.165) is 0 Å². The third-order valence-electron chi connectivity index (χ3n) is 2.29. The average Bonchev–Trinajstić information content (AvgIpc) is 2.26. The number of hydrogen-bond donors (Lipinski definition) is 2. The summed E-state index contributed by atoms with van der Waals surface area (Å²) in [4.78, 5) is 0.578. The van der Waals surface area contributed by atoms with Crippen LogP contribution in [0.5, 0.6) is 0 Å². The molecule has 3 nitrogen and oxygen atoms in total. The van der Waals surface area contributed by atoms with E-state index in [2.05, 4.69) is 5.32 Å². The van der Waals surface area contributed by atoms with Crippen molar-refractivity contribution in [3.8, 4) is 0 Å². The van der Waals surface area contributed by atoms with Crippen LogP contribution in [0.3, 0.4) is 0 Å². The van der Waals surface area contributed by atoms with Gasteiger partial charge in [-0.05, 0) is 32.9 Å². The molecule has 0 amide bonds. The lowest BCUT2D eigenvalue weighted by atomic mass is 10.1. The van der Waals surface area contributed by atoms with Gasteiger partial charge in [0, 0.05) is 12.1 Å². The molecule has 0 bridgehead atoms. The zero-order valence-corrected chi connectivity index (χ0v) is 12.5. The Labute approximate surface area is 116 Å². The summed E-state index contributed by atoms with van der Waals surface area (Å²) < 4.78 is 12.0. The molecule has 2 atom stereocenters. The largest absolute Gasteiger partial charge is 0.391 e. The Bertz CT molecular complexity index is 418. The number of β-amino-alcohol motifs (C(OH)–C–C–N with tert-alkyl or cyclic N) is 1. The zero-order valence-electron chi connectivity index (χ0n) is 10.9. The van der Waals surface area contributed by atoms with Crippen molar-refractivity contribution < 1.29 is 9.32 Å². The molecule has 0 saturated heterocycles. The van der Waals surface area contributed by atoms with Gasteiger partial charge >= 0.3 is 0 Å². The molecule has 0 heterocycles. The number of benzene rings is 1. The van der Waals surface area contributed by atoms with Gasteiger partial charge < -0.3 is 10.4 Å². The van der Waals surface area contributed by atoms with Crippen molar-refractivity contribution in [2.45, 2.75) is 37.3 Å². The van der Waals surface area contributed by atoms with E-state index >= 15 is 0 Å². The smallest absolute Gasteiger partial charge is 0.0783 e. The van der Waals surface area contributed by atoms with E-state index in [-0.39, 0.29) is 11.3 Å². The van der Waals surface area contributed by atoms with Crippen molar-refractivity contribution in [3.05, 3.63) is 29.3 Å². The first-order valence-corrected chi connectivity index (χ1v) is 7.55. The zero-order chi connectivity index (χ0) is 13.8. The summed E-state index contributed by atoms with van der Waals surface area (Å²) >= 11 is 5.96. The van der Waals surface area contributed by atoms with Gasteiger partial charge in [0.1, 0.15) is 0 Å². The first-order chi connectivity index (χ1) is 8.29. The van der Waals surface area contributed by atoms with Crippen molar-refractivity contribution in [2.75, 3.05) is 12.3 Å². The summed E-state index contributed by atoms with van der Waals surface area (Å²) in [6.07, 6.45) is -0.652. The fourth-order valence-corrected chi connectivity index (χ4v) is 2.93. The molecule has 0 spiro atoms. The van der Waals surface area contributed by atoms with Crippen LogP contribution in [0.25, 0.3) is 0 Å². The van der Waals surface area contributed by atoms with E-state index in [4.69, 9.17) is 11.6 Å². The summed E-state index contributed by atoms with van der Waals surface area (Å²) in [5, 5.41) is 13.5. The Morgan fingerprint density at radius 3 is 2.56 bits per heavy atom. The van der Waals surface area contributed by atoms with Crippen LogP contribution in [0.15, 0.2) is 29.2 Å². The van der Waals surface area contributed by atoms with Gasteiger partial charge in [0.25, 0.3) is 0 Å². The normalized spacial score (nSPS) is 15.4. The van der Waals surface area contributed by atoms with E-state index in [1.807, 2.05) is 20.8 Å². The maximum absolute atomic E-state index is 12.0. The van der Waals surface area contributed by atoms with Crippen molar-refractivity contribution in [2.24, 2.45) is 0 Å². The van der Waals surface area contributed by atoms with E-state index < -0.39 is 16.9 Å². The molecule has 2 N–H and O–H groups in total. The minimum atomic E-state index is -1.28. The van der Waals surface area contributed by atoms with Crippen LogP contribution in [0.1, 0.15) is 20.8 Å². The number of halogens is 1. The maximum atomic E-state index is 12.0. The van der Waals surface area contributed by atoms with Crippen LogP contribution >= 0.6 is 11.6 Å². The van der Waals surface area contributed by atoms with Crippen LogP contribution in [0.4, 0.5) is 0 Å². The molecule has 1 aromatic carbocycles. The van der Waals surface area contributed by atoms with Gasteiger partial charge in [0.2, 0.25) is 0 Å². The second-order valence-corrected chi connectivity index (χ2v) is 7.10. The van der Waals surface area contributed by atoms with Crippen molar-refractivity contribution in [1.29, 1.82) is 0 Å². The van der Waals surface area contributed by atoms with Crippen molar-refractivity contribution >= 4 is 22.4 Å². The van der Waals surface area contributed by atoms with E-state index in [0.29, 0.717) is 16.5 Å². The number of hydrogen-bond acceptors (Lipinski definition) is 3. The first kappa shape index (κ1) is 15.6. The average molecular weight is 290 g/mol. The van der Waals surface area contributed by atoms with E-state index in [1.54, 1.807) is 24.3 Å². The molecule has 0 fully saturated rings. The van der Waals surface area contributed by atoms with Crippen LogP contribution in [-0.2, 0) is 10.8 Å². The predicted octanol–water partition coefficient (Wildman–Crippen LogP) is 2.20. The molecule has 1 aromatic rings. The van der Waals surface area contributed by atoms with Gasteiger partial charge in [-0.2, -0.15) is 0 Å². The summed E-state index contributed by atoms with van der Waals surface area (Å²) in [6.45, 7) is 6.47. The Morgan fingerprint density at radius 2 is 2.00 bits per heavy atom. The lowest BCUT2D eigenvalue weighted by molar-refractivity contribution is 0.182. The molecule has 0 aliphatic carbocycles. The minimum absolute atomic E-state index is 0.0626. The van der Waals surface area contributed by atoms with E-state index in [1.165, 1.54) is 0 Å². The number of rotatable bonds is 5. The SMILES string of the molecule is CC(C)(C)NCC(O)CS(=O)c1ccccc1Cl. The monoisotopic (exact) mass is 289 g/mol. The fraction of sp³-hybridized carbons (Fsp3) is 0.538. The highest BCUT2D eigenvalue weighted by Crippen LogP contribution is 2.19. The molecule has 2 unspecified atom stereocenters. The molecule has 0 radical (unpaired) electrons. The van der Waals surface area contributed by atoms with Crippen molar-refractivity contribution in [3.63, 3.8) is 0 Å².